The van der Waals surface area contributed by atoms with Gasteiger partial charge >= 0.3 is 12.1 Å². The van der Waals surface area contributed by atoms with E-state index in [9.17, 15) is 27.2 Å². The maximum Gasteiger partial charge on any atom is 0.419 e. The maximum absolute atomic E-state index is 15.0. The molecule has 12 heteroatoms. The number of anilines is 1. The Hall–Kier alpha value is -3.88. The molecule has 1 aliphatic carbocycles. The summed E-state index contributed by atoms with van der Waals surface area (Å²) in [5.41, 5.74) is -2.71. The number of carbonyl (C=O) groups excluding carboxylic acids is 1. The molecule has 1 saturated carbocycles. The first kappa shape index (κ1) is 27.7. The number of alkyl halides is 4. The summed E-state index contributed by atoms with van der Waals surface area (Å²) >= 11 is 0. The molecule has 1 fully saturated rings. The highest BCUT2D eigenvalue weighted by Gasteiger charge is 2.39. The van der Waals surface area contributed by atoms with E-state index < -0.39 is 59.2 Å². The molecule has 1 aromatic heterocycles. The van der Waals surface area contributed by atoms with Crippen LogP contribution in [0, 0.1) is 17.2 Å². The summed E-state index contributed by atoms with van der Waals surface area (Å²) in [6.07, 6.45) is -3.83. The van der Waals surface area contributed by atoms with Crippen LogP contribution in [0.4, 0.5) is 23.4 Å². The molecule has 198 valence electrons. The fraction of sp³-hybridized carbons (Fsp3) is 0.440. The average molecular weight is 522 g/mol. The molecule has 3 N–H and O–H groups in total. The Balaban J connectivity index is 1.77. The zero-order chi connectivity index (χ0) is 27.4. The fourth-order valence-corrected chi connectivity index (χ4v) is 4.24. The molecule has 1 amide bonds. The highest BCUT2D eigenvalue weighted by atomic mass is 19.4. The highest BCUT2D eigenvalue weighted by Crippen LogP contribution is 2.37. The van der Waals surface area contributed by atoms with Gasteiger partial charge in [-0.3, -0.25) is 9.59 Å². The third kappa shape index (κ3) is 6.67. The quantitative estimate of drug-likeness (QED) is 0.423. The number of hydrogen-bond donors (Lipinski definition) is 3. The van der Waals surface area contributed by atoms with E-state index in [1.807, 2.05) is 6.07 Å². The van der Waals surface area contributed by atoms with Crippen molar-refractivity contribution in [2.24, 2.45) is 5.92 Å². The Labute approximate surface area is 210 Å². The predicted molar refractivity (Wildman–Crippen MR) is 125 cm³/mol. The van der Waals surface area contributed by atoms with Crippen molar-refractivity contribution in [3.63, 3.8) is 0 Å². The van der Waals surface area contributed by atoms with Gasteiger partial charge in [-0.25, -0.2) is 9.37 Å². The van der Waals surface area contributed by atoms with Crippen molar-refractivity contribution in [1.29, 1.82) is 5.26 Å². The molecule has 0 unspecified atom stereocenters. The topological polar surface area (TPSA) is 124 Å². The molecule has 0 spiro atoms. The fourth-order valence-electron chi connectivity index (χ4n) is 4.24. The van der Waals surface area contributed by atoms with Gasteiger partial charge in [0.2, 0.25) is 0 Å². The number of pyridine rings is 1. The number of methoxy groups -OCH3 is 1. The van der Waals surface area contributed by atoms with Crippen LogP contribution in [0.1, 0.15) is 65.7 Å². The Kier molecular flexibility index (Phi) is 8.25. The summed E-state index contributed by atoms with van der Waals surface area (Å²) in [7, 11) is 1.39. The molecule has 3 rings (SSSR count). The number of carboxylic acid groups (broad SMARTS) is 1. The van der Waals surface area contributed by atoms with E-state index in [0.717, 1.165) is 6.20 Å². The first-order valence-electron chi connectivity index (χ1n) is 11.5. The molecular formula is C25H26F4N4O4. The molecule has 1 heterocycles. The predicted octanol–water partition coefficient (Wildman–Crippen LogP) is 4.87. The van der Waals surface area contributed by atoms with E-state index in [1.54, 1.807) is 6.92 Å². The Morgan fingerprint density at radius 3 is 2.54 bits per heavy atom. The van der Waals surface area contributed by atoms with Gasteiger partial charge < -0.3 is 20.5 Å². The number of hydrogen-bond acceptors (Lipinski definition) is 6. The molecule has 8 nitrogen and oxygen atoms in total. The second-order valence-electron chi connectivity index (χ2n) is 9.00. The van der Waals surface area contributed by atoms with Crippen molar-refractivity contribution in [3.8, 4) is 11.8 Å². The van der Waals surface area contributed by atoms with E-state index in [4.69, 9.17) is 15.1 Å². The molecule has 0 aliphatic heterocycles. The third-order valence-electron chi connectivity index (χ3n) is 6.43. The van der Waals surface area contributed by atoms with Crippen molar-refractivity contribution in [2.75, 3.05) is 19.0 Å². The number of ether oxygens (including phenoxy) is 1. The van der Waals surface area contributed by atoms with Gasteiger partial charge in [0.1, 0.15) is 17.2 Å². The lowest BCUT2D eigenvalue weighted by atomic mass is 9.80. The van der Waals surface area contributed by atoms with Gasteiger partial charge in [-0.1, -0.05) is 0 Å². The Morgan fingerprint density at radius 2 is 1.97 bits per heavy atom. The van der Waals surface area contributed by atoms with Crippen LogP contribution in [0.2, 0.25) is 0 Å². The minimum Gasteiger partial charge on any atom is -0.496 e. The van der Waals surface area contributed by atoms with Gasteiger partial charge in [0.25, 0.3) is 5.91 Å². The van der Waals surface area contributed by atoms with Crippen LogP contribution in [0.3, 0.4) is 0 Å². The molecule has 0 radical (unpaired) electrons. The average Bonchev–Trinajstić information content (AvgIpc) is 2.86. The van der Waals surface area contributed by atoms with Crippen molar-refractivity contribution < 1.29 is 37.0 Å². The number of nitriles is 1. The minimum absolute atomic E-state index is 0.0759. The molecule has 1 aromatic carbocycles. The maximum atomic E-state index is 15.0. The minimum atomic E-state index is -4.86. The number of halogens is 4. The zero-order valence-electron chi connectivity index (χ0n) is 20.2. The number of nitrogens with one attached hydrogen (secondary N) is 2. The number of benzene rings is 1. The number of carboxylic acids is 1. The van der Waals surface area contributed by atoms with Crippen molar-refractivity contribution >= 4 is 17.7 Å². The highest BCUT2D eigenvalue weighted by molar-refractivity contribution is 5.94. The monoisotopic (exact) mass is 522 g/mol. The lowest BCUT2D eigenvalue weighted by Crippen LogP contribution is -2.43. The van der Waals surface area contributed by atoms with Crippen LogP contribution in [0.15, 0.2) is 30.5 Å². The molecule has 1 aliphatic rings. The second-order valence-corrected chi connectivity index (χ2v) is 9.00. The first-order valence-corrected chi connectivity index (χ1v) is 11.5. The lowest BCUT2D eigenvalue weighted by Gasteiger charge is -2.32. The number of amides is 1. The van der Waals surface area contributed by atoms with Crippen LogP contribution in [-0.2, 0) is 11.0 Å². The van der Waals surface area contributed by atoms with Crippen molar-refractivity contribution in [2.45, 2.75) is 50.5 Å². The number of carbonyl (C=O) groups is 2. The molecule has 2 aromatic rings. The smallest absolute Gasteiger partial charge is 0.419 e. The van der Waals surface area contributed by atoms with Gasteiger partial charge in [-0.15, -0.1) is 0 Å². The number of aromatic nitrogens is 1. The molecular weight excluding hydrogens is 496 g/mol. The standard InChI is InChI=1S/C25H26F4N4O4/c1-14(18-9-15(11-30)3-4-20(18)37-2)33-21-19(25(27,28)29)10-17(12-31-21)22(34)32-13-24(26)7-5-16(6-8-24)23(35)36/h3-4,9-10,12,14,16H,5-8,13H2,1-2H3,(H,31,33)(H,32,34)(H,35,36)/t14-,16?,24?/m0/s1. The van der Waals surface area contributed by atoms with E-state index >= 15 is 0 Å². The van der Waals surface area contributed by atoms with Crippen LogP contribution in [-0.4, -0.2) is 41.3 Å². The van der Waals surface area contributed by atoms with Gasteiger partial charge in [-0.2, -0.15) is 18.4 Å². The van der Waals surface area contributed by atoms with Gasteiger partial charge in [0.15, 0.2) is 0 Å². The van der Waals surface area contributed by atoms with Crippen molar-refractivity contribution in [1.82, 2.24) is 10.3 Å². The Morgan fingerprint density at radius 1 is 1.30 bits per heavy atom. The van der Waals surface area contributed by atoms with E-state index in [2.05, 4.69) is 15.6 Å². The molecule has 0 bridgehead atoms. The van der Waals surface area contributed by atoms with Crippen molar-refractivity contribution in [3.05, 3.63) is 52.7 Å². The van der Waals surface area contributed by atoms with E-state index in [0.29, 0.717) is 22.9 Å². The number of aliphatic carboxylic acids is 1. The summed E-state index contributed by atoms with van der Waals surface area (Å²) < 4.78 is 61.8. The summed E-state index contributed by atoms with van der Waals surface area (Å²) in [5.74, 6) is -2.76. The van der Waals surface area contributed by atoms with Gasteiger partial charge in [-0.05, 0) is 56.9 Å². The summed E-state index contributed by atoms with van der Waals surface area (Å²) in [5, 5.41) is 23.2. The van der Waals surface area contributed by atoms with Crippen LogP contribution >= 0.6 is 0 Å². The van der Waals surface area contributed by atoms with E-state index in [1.165, 1.54) is 25.3 Å². The summed E-state index contributed by atoms with van der Waals surface area (Å²) in [4.78, 5) is 27.4. The van der Waals surface area contributed by atoms with Crippen LogP contribution < -0.4 is 15.4 Å². The normalized spacial score (nSPS) is 20.4. The third-order valence-corrected chi connectivity index (χ3v) is 6.43. The summed E-state index contributed by atoms with van der Waals surface area (Å²) in [6, 6.07) is 6.38. The lowest BCUT2D eigenvalue weighted by molar-refractivity contribution is -0.143. The Bertz CT molecular complexity index is 1200. The van der Waals surface area contributed by atoms with E-state index in [-0.39, 0.29) is 25.7 Å². The van der Waals surface area contributed by atoms with Crippen LogP contribution in [0.5, 0.6) is 5.75 Å². The second kappa shape index (κ2) is 11.0. The zero-order valence-corrected chi connectivity index (χ0v) is 20.2. The number of rotatable bonds is 8. The van der Waals surface area contributed by atoms with Crippen LogP contribution in [0.25, 0.3) is 0 Å². The van der Waals surface area contributed by atoms with Gasteiger partial charge in [0, 0.05) is 11.8 Å². The molecule has 0 saturated heterocycles. The van der Waals surface area contributed by atoms with Gasteiger partial charge in [0.05, 0.1) is 48.4 Å². The summed E-state index contributed by atoms with van der Waals surface area (Å²) in [6.45, 7) is 1.12. The number of nitrogens with zero attached hydrogens (tertiary/aromatic N) is 2. The largest absolute Gasteiger partial charge is 0.496 e. The SMILES string of the molecule is COc1ccc(C#N)cc1[C@H](C)Nc1ncc(C(=O)NCC2(F)CCC(C(=O)O)CC2)cc1C(F)(F)F. The molecule has 1 atom stereocenters. The molecule has 37 heavy (non-hydrogen) atoms. The first-order chi connectivity index (χ1) is 17.4.